The second kappa shape index (κ2) is 6.68. The Balaban J connectivity index is 2.23. The molecule has 0 saturated carbocycles. The molecule has 4 nitrogen and oxygen atoms in total. The number of carbonyl (C=O) groups is 1. The van der Waals surface area contributed by atoms with Crippen LogP contribution in [-0.4, -0.2) is 27.5 Å². The van der Waals surface area contributed by atoms with E-state index in [1.807, 2.05) is 37.3 Å². The fourth-order valence-electron chi connectivity index (χ4n) is 1.80. The minimum Gasteiger partial charge on any atom is -0.335 e. The first-order valence-electron chi connectivity index (χ1n) is 6.13. The fourth-order valence-corrected chi connectivity index (χ4v) is 2.12. The highest BCUT2D eigenvalue weighted by molar-refractivity contribution is 6.34. The zero-order valence-electron chi connectivity index (χ0n) is 10.9. The summed E-state index contributed by atoms with van der Waals surface area (Å²) >= 11 is 11.7. The smallest absolute Gasteiger partial charge is 0.257 e. The molecule has 1 aromatic heterocycles. The van der Waals surface area contributed by atoms with Gasteiger partial charge in [0.25, 0.3) is 5.91 Å². The van der Waals surface area contributed by atoms with Crippen molar-refractivity contribution in [3.8, 4) is 0 Å². The van der Waals surface area contributed by atoms with Gasteiger partial charge < -0.3 is 4.90 Å². The molecule has 0 bridgehead atoms. The predicted octanol–water partition coefficient (Wildman–Crippen LogP) is 3.45. The molecule has 20 heavy (non-hydrogen) atoms. The van der Waals surface area contributed by atoms with Gasteiger partial charge in [0.05, 0.1) is 5.56 Å². The van der Waals surface area contributed by atoms with Gasteiger partial charge in [0.1, 0.15) is 0 Å². The van der Waals surface area contributed by atoms with Gasteiger partial charge in [-0.1, -0.05) is 53.5 Å². The van der Waals surface area contributed by atoms with Crippen LogP contribution in [0.4, 0.5) is 0 Å². The first kappa shape index (κ1) is 14.8. The lowest BCUT2D eigenvalue weighted by Crippen LogP contribution is -2.30. The lowest BCUT2D eigenvalue weighted by Gasteiger charge is -2.21. The van der Waals surface area contributed by atoms with Crippen LogP contribution in [0.15, 0.2) is 36.4 Å². The highest BCUT2D eigenvalue weighted by Crippen LogP contribution is 2.18. The maximum Gasteiger partial charge on any atom is 0.257 e. The van der Waals surface area contributed by atoms with E-state index in [1.54, 1.807) is 4.90 Å². The van der Waals surface area contributed by atoms with Crippen LogP contribution >= 0.6 is 23.2 Å². The molecule has 0 unspecified atom stereocenters. The van der Waals surface area contributed by atoms with E-state index in [0.717, 1.165) is 5.56 Å². The van der Waals surface area contributed by atoms with Crippen LogP contribution in [0, 0.1) is 0 Å². The standard InChI is InChI=1S/C14H13Cl2N3O/c1-2-19(9-10-6-4-3-5-7-10)14(20)11-8-12(15)17-18-13(11)16/h3-8H,2,9H2,1H3. The molecule has 0 aliphatic heterocycles. The summed E-state index contributed by atoms with van der Waals surface area (Å²) in [6.45, 7) is 2.97. The first-order chi connectivity index (χ1) is 9.61. The minimum atomic E-state index is -0.210. The summed E-state index contributed by atoms with van der Waals surface area (Å²) in [7, 11) is 0. The van der Waals surface area contributed by atoms with Gasteiger partial charge in [0, 0.05) is 13.1 Å². The van der Waals surface area contributed by atoms with E-state index in [4.69, 9.17) is 23.2 Å². The third kappa shape index (κ3) is 3.46. The largest absolute Gasteiger partial charge is 0.335 e. The van der Waals surface area contributed by atoms with E-state index in [9.17, 15) is 4.79 Å². The molecular formula is C14H13Cl2N3O. The third-order valence-electron chi connectivity index (χ3n) is 2.83. The summed E-state index contributed by atoms with van der Waals surface area (Å²) in [6.07, 6.45) is 0. The van der Waals surface area contributed by atoms with E-state index in [2.05, 4.69) is 10.2 Å². The number of amides is 1. The molecule has 0 aliphatic rings. The molecule has 0 atom stereocenters. The van der Waals surface area contributed by atoms with Gasteiger partial charge in [-0.15, -0.1) is 10.2 Å². The van der Waals surface area contributed by atoms with Crippen molar-refractivity contribution in [3.63, 3.8) is 0 Å². The topological polar surface area (TPSA) is 46.1 Å². The molecule has 0 radical (unpaired) electrons. The summed E-state index contributed by atoms with van der Waals surface area (Å²) < 4.78 is 0. The predicted molar refractivity (Wildman–Crippen MR) is 78.9 cm³/mol. The Kier molecular flexibility index (Phi) is 4.93. The maximum absolute atomic E-state index is 12.5. The van der Waals surface area contributed by atoms with E-state index < -0.39 is 0 Å². The van der Waals surface area contributed by atoms with E-state index in [-0.39, 0.29) is 21.8 Å². The van der Waals surface area contributed by atoms with Crippen LogP contribution in [0.25, 0.3) is 0 Å². The number of halogens is 2. The SMILES string of the molecule is CCN(Cc1ccccc1)C(=O)c1cc(Cl)nnc1Cl. The average Bonchev–Trinajstić information content (AvgIpc) is 2.47. The minimum absolute atomic E-state index is 0.0610. The van der Waals surface area contributed by atoms with Crippen molar-refractivity contribution >= 4 is 29.1 Å². The molecule has 0 aliphatic carbocycles. The summed E-state index contributed by atoms with van der Waals surface area (Å²) in [5, 5.41) is 7.47. The van der Waals surface area contributed by atoms with Crippen LogP contribution in [0.1, 0.15) is 22.8 Å². The van der Waals surface area contributed by atoms with Crippen molar-refractivity contribution in [2.45, 2.75) is 13.5 Å². The van der Waals surface area contributed by atoms with Gasteiger partial charge >= 0.3 is 0 Å². The second-order valence-corrected chi connectivity index (χ2v) is 4.92. The summed E-state index contributed by atoms with van der Waals surface area (Å²) in [6, 6.07) is 11.2. The Labute approximate surface area is 127 Å². The van der Waals surface area contributed by atoms with Gasteiger partial charge in [-0.05, 0) is 18.6 Å². The third-order valence-corrected chi connectivity index (χ3v) is 3.30. The number of nitrogens with zero attached hydrogens (tertiary/aromatic N) is 3. The molecule has 0 N–H and O–H groups in total. The van der Waals surface area contributed by atoms with Crippen LogP contribution in [0.3, 0.4) is 0 Å². The highest BCUT2D eigenvalue weighted by atomic mass is 35.5. The molecule has 0 saturated heterocycles. The van der Waals surface area contributed by atoms with Crippen molar-refractivity contribution in [1.29, 1.82) is 0 Å². The summed E-state index contributed by atoms with van der Waals surface area (Å²) in [5.41, 5.74) is 1.32. The normalized spacial score (nSPS) is 10.3. The number of benzene rings is 1. The van der Waals surface area contributed by atoms with Crippen molar-refractivity contribution in [3.05, 3.63) is 57.8 Å². The Hall–Kier alpha value is -1.65. The van der Waals surface area contributed by atoms with Gasteiger partial charge in [0.2, 0.25) is 0 Å². The first-order valence-corrected chi connectivity index (χ1v) is 6.89. The van der Waals surface area contributed by atoms with Crippen molar-refractivity contribution in [1.82, 2.24) is 15.1 Å². The number of aromatic nitrogens is 2. The molecule has 2 aromatic rings. The molecular weight excluding hydrogens is 297 g/mol. The summed E-state index contributed by atoms with van der Waals surface area (Å²) in [4.78, 5) is 14.1. The van der Waals surface area contributed by atoms with E-state index in [1.165, 1.54) is 6.07 Å². The van der Waals surface area contributed by atoms with E-state index >= 15 is 0 Å². The van der Waals surface area contributed by atoms with Crippen LogP contribution in [-0.2, 0) is 6.54 Å². The molecule has 6 heteroatoms. The van der Waals surface area contributed by atoms with Crippen molar-refractivity contribution in [2.75, 3.05) is 6.54 Å². The number of hydrogen-bond acceptors (Lipinski definition) is 3. The second-order valence-electron chi connectivity index (χ2n) is 4.18. The molecule has 1 aromatic carbocycles. The number of hydrogen-bond donors (Lipinski definition) is 0. The van der Waals surface area contributed by atoms with Crippen LogP contribution in [0.5, 0.6) is 0 Å². The number of rotatable bonds is 4. The fraction of sp³-hybridized carbons (Fsp3) is 0.214. The molecule has 0 fully saturated rings. The lowest BCUT2D eigenvalue weighted by atomic mass is 10.2. The highest BCUT2D eigenvalue weighted by Gasteiger charge is 2.19. The number of carbonyl (C=O) groups excluding carboxylic acids is 1. The molecule has 1 heterocycles. The average molecular weight is 310 g/mol. The molecule has 104 valence electrons. The molecule has 2 rings (SSSR count). The Morgan fingerprint density at radius 2 is 1.90 bits per heavy atom. The van der Waals surface area contributed by atoms with Crippen LogP contribution in [0.2, 0.25) is 10.3 Å². The Bertz CT molecular complexity index is 605. The van der Waals surface area contributed by atoms with Gasteiger partial charge in [-0.3, -0.25) is 4.79 Å². The summed E-state index contributed by atoms with van der Waals surface area (Å²) in [5.74, 6) is -0.210. The quantitative estimate of drug-likeness (QED) is 0.869. The zero-order chi connectivity index (χ0) is 14.5. The monoisotopic (exact) mass is 309 g/mol. The Morgan fingerprint density at radius 3 is 2.55 bits per heavy atom. The molecule has 0 spiro atoms. The van der Waals surface area contributed by atoms with Gasteiger partial charge in [0.15, 0.2) is 10.3 Å². The van der Waals surface area contributed by atoms with Crippen molar-refractivity contribution < 1.29 is 4.79 Å². The van der Waals surface area contributed by atoms with Crippen LogP contribution < -0.4 is 0 Å². The lowest BCUT2D eigenvalue weighted by molar-refractivity contribution is 0.0752. The zero-order valence-corrected chi connectivity index (χ0v) is 12.4. The van der Waals surface area contributed by atoms with E-state index in [0.29, 0.717) is 13.1 Å². The van der Waals surface area contributed by atoms with Gasteiger partial charge in [-0.2, -0.15) is 0 Å². The van der Waals surface area contributed by atoms with Crippen molar-refractivity contribution in [2.24, 2.45) is 0 Å². The Morgan fingerprint density at radius 1 is 1.20 bits per heavy atom. The molecule has 1 amide bonds. The van der Waals surface area contributed by atoms with Gasteiger partial charge in [-0.25, -0.2) is 0 Å². The maximum atomic E-state index is 12.5.